The van der Waals surface area contributed by atoms with Gasteiger partial charge in [0.15, 0.2) is 28.8 Å². The Balaban J connectivity index is 1.62. The fourth-order valence-corrected chi connectivity index (χ4v) is 4.26. The highest BCUT2D eigenvalue weighted by Gasteiger charge is 2.28. The Morgan fingerprint density at radius 3 is 1.65 bits per heavy atom. The van der Waals surface area contributed by atoms with Crippen molar-refractivity contribution in [1.29, 1.82) is 0 Å². The lowest BCUT2D eigenvalue weighted by Gasteiger charge is -2.21. The molecule has 0 aliphatic carbocycles. The molecule has 0 saturated carbocycles. The van der Waals surface area contributed by atoms with Crippen LogP contribution in [0.4, 0.5) is 0 Å². The average Bonchev–Trinajstić information content (AvgIpc) is 3.34. The number of nitrogens with one attached hydrogen (secondary N) is 2. The number of hydrazine groups is 1. The van der Waals surface area contributed by atoms with Crippen molar-refractivity contribution in [3.05, 3.63) is 70.8 Å². The molecule has 2 N–H and O–H groups in total. The molecular formula is C28H30N4O8. The van der Waals surface area contributed by atoms with E-state index in [1.165, 1.54) is 54.8 Å². The predicted octanol–water partition coefficient (Wildman–Crippen LogP) is 2.99. The van der Waals surface area contributed by atoms with Crippen LogP contribution in [0.3, 0.4) is 0 Å². The zero-order chi connectivity index (χ0) is 28.8. The van der Waals surface area contributed by atoms with Crippen molar-refractivity contribution in [2.45, 2.75) is 6.54 Å². The van der Waals surface area contributed by atoms with Crippen LogP contribution in [0.25, 0.3) is 0 Å². The molecule has 0 saturated heterocycles. The molecule has 210 valence electrons. The highest BCUT2D eigenvalue weighted by atomic mass is 16.5. The van der Waals surface area contributed by atoms with Crippen molar-refractivity contribution < 1.29 is 38.0 Å². The summed E-state index contributed by atoms with van der Waals surface area (Å²) in [4.78, 5) is 26.4. The Morgan fingerprint density at radius 2 is 1.18 bits per heavy atom. The van der Waals surface area contributed by atoms with Gasteiger partial charge in [-0.05, 0) is 29.8 Å². The molecule has 0 unspecified atom stereocenters. The number of carbonyl (C=O) groups excluding carboxylic acids is 2. The zero-order valence-corrected chi connectivity index (χ0v) is 23.0. The monoisotopic (exact) mass is 550 g/mol. The fourth-order valence-electron chi connectivity index (χ4n) is 4.26. The second-order valence-corrected chi connectivity index (χ2v) is 8.39. The molecular weight excluding hydrogens is 520 g/mol. The van der Waals surface area contributed by atoms with Gasteiger partial charge in [-0.3, -0.25) is 20.0 Å². The van der Waals surface area contributed by atoms with Crippen LogP contribution in [0, 0.1) is 0 Å². The lowest BCUT2D eigenvalue weighted by atomic mass is 10.1. The van der Waals surface area contributed by atoms with Crippen LogP contribution in [0.5, 0.6) is 34.5 Å². The molecule has 3 aromatic rings. The van der Waals surface area contributed by atoms with Crippen molar-refractivity contribution >= 4 is 17.6 Å². The van der Waals surface area contributed by atoms with E-state index in [1.807, 2.05) is 24.3 Å². The number of amidine groups is 1. The quantitative estimate of drug-likeness (QED) is 0.366. The molecule has 12 heteroatoms. The molecule has 2 amide bonds. The molecule has 0 aromatic heterocycles. The fraction of sp³-hybridized carbons (Fsp3) is 0.250. The van der Waals surface area contributed by atoms with Crippen molar-refractivity contribution in [3.8, 4) is 34.5 Å². The first-order chi connectivity index (χ1) is 19.4. The highest BCUT2D eigenvalue weighted by molar-refractivity contribution is 6.06. The second-order valence-electron chi connectivity index (χ2n) is 8.39. The lowest BCUT2D eigenvalue weighted by molar-refractivity contribution is 0.0868. The Morgan fingerprint density at radius 1 is 0.700 bits per heavy atom. The van der Waals surface area contributed by atoms with Crippen LogP contribution in [0.2, 0.25) is 0 Å². The van der Waals surface area contributed by atoms with Crippen molar-refractivity contribution in [2.24, 2.45) is 5.10 Å². The molecule has 0 bridgehead atoms. The Hall–Kier alpha value is -5.13. The Bertz CT molecular complexity index is 1410. The van der Waals surface area contributed by atoms with Crippen LogP contribution >= 0.6 is 0 Å². The largest absolute Gasteiger partial charge is 0.493 e. The van der Waals surface area contributed by atoms with Gasteiger partial charge in [-0.1, -0.05) is 24.3 Å². The first kappa shape index (κ1) is 27.9. The van der Waals surface area contributed by atoms with Gasteiger partial charge >= 0.3 is 0 Å². The van der Waals surface area contributed by atoms with Gasteiger partial charge in [0.1, 0.15) is 0 Å². The van der Waals surface area contributed by atoms with Gasteiger partial charge in [0, 0.05) is 16.7 Å². The molecule has 1 heterocycles. The van der Waals surface area contributed by atoms with E-state index in [0.29, 0.717) is 46.9 Å². The third-order valence-corrected chi connectivity index (χ3v) is 6.20. The third-order valence-electron chi connectivity index (χ3n) is 6.20. The molecule has 12 nitrogen and oxygen atoms in total. The summed E-state index contributed by atoms with van der Waals surface area (Å²) >= 11 is 0. The minimum atomic E-state index is -0.521. The van der Waals surface area contributed by atoms with E-state index in [2.05, 4.69) is 16.0 Å². The minimum absolute atomic E-state index is 0.234. The Labute approximate surface area is 231 Å². The van der Waals surface area contributed by atoms with Crippen molar-refractivity contribution in [2.75, 3.05) is 42.7 Å². The summed E-state index contributed by atoms with van der Waals surface area (Å²) < 4.78 is 32.1. The van der Waals surface area contributed by atoms with Gasteiger partial charge in [-0.15, -0.1) is 0 Å². The van der Waals surface area contributed by atoms with E-state index in [0.717, 1.165) is 11.1 Å². The maximum absolute atomic E-state index is 13.3. The van der Waals surface area contributed by atoms with E-state index in [9.17, 15) is 9.59 Å². The molecule has 40 heavy (non-hydrogen) atoms. The van der Waals surface area contributed by atoms with Gasteiger partial charge in [0.05, 0.1) is 49.2 Å². The number of hydrogen-bond donors (Lipinski definition) is 2. The topological polar surface area (TPSA) is 129 Å². The van der Waals surface area contributed by atoms with E-state index < -0.39 is 11.8 Å². The van der Waals surface area contributed by atoms with Crippen LogP contribution in [0.1, 0.15) is 31.8 Å². The summed E-state index contributed by atoms with van der Waals surface area (Å²) in [6.07, 6.45) is 0. The number of fused-ring (bicyclic) bond motifs is 1. The molecule has 0 fully saturated rings. The summed E-state index contributed by atoms with van der Waals surface area (Å²) in [5.74, 6) is 1.42. The smallest absolute Gasteiger partial charge is 0.271 e. The second kappa shape index (κ2) is 12.2. The summed E-state index contributed by atoms with van der Waals surface area (Å²) in [5, 5.41) is 5.91. The highest BCUT2D eigenvalue weighted by Crippen LogP contribution is 2.39. The number of rotatable bonds is 10. The SMILES string of the molecule is COc1cc(C(=O)N/N=C2/c3ccccc3CN2NC(=O)c2cc(OC)c(OC)c(OC)c2)cc(OC)c1OC. The van der Waals surface area contributed by atoms with Crippen molar-refractivity contribution in [1.82, 2.24) is 15.9 Å². The third kappa shape index (κ3) is 5.37. The average molecular weight is 551 g/mol. The zero-order valence-electron chi connectivity index (χ0n) is 23.0. The van der Waals surface area contributed by atoms with Gasteiger partial charge in [0.2, 0.25) is 11.5 Å². The van der Waals surface area contributed by atoms with E-state index in [1.54, 1.807) is 17.1 Å². The van der Waals surface area contributed by atoms with E-state index in [4.69, 9.17) is 28.4 Å². The van der Waals surface area contributed by atoms with Crippen LogP contribution in [-0.4, -0.2) is 65.3 Å². The first-order valence-corrected chi connectivity index (χ1v) is 12.0. The number of ether oxygens (including phenoxy) is 6. The maximum Gasteiger partial charge on any atom is 0.271 e. The molecule has 0 atom stereocenters. The molecule has 4 rings (SSSR count). The minimum Gasteiger partial charge on any atom is -0.493 e. The number of hydrogen-bond acceptors (Lipinski definition) is 9. The lowest BCUT2D eigenvalue weighted by Crippen LogP contribution is -2.43. The summed E-state index contributed by atoms with van der Waals surface area (Å²) in [5.41, 5.74) is 7.58. The number of nitrogens with zero attached hydrogens (tertiary/aromatic N) is 2. The van der Waals surface area contributed by atoms with E-state index >= 15 is 0 Å². The predicted molar refractivity (Wildman–Crippen MR) is 146 cm³/mol. The number of carbonyl (C=O) groups is 2. The number of hydrazone groups is 1. The van der Waals surface area contributed by atoms with Gasteiger partial charge in [0.25, 0.3) is 11.8 Å². The molecule has 1 aliphatic rings. The molecule has 0 radical (unpaired) electrons. The van der Waals surface area contributed by atoms with Crippen LogP contribution in [-0.2, 0) is 6.54 Å². The van der Waals surface area contributed by atoms with Gasteiger partial charge < -0.3 is 28.4 Å². The van der Waals surface area contributed by atoms with Gasteiger partial charge in [-0.2, -0.15) is 5.10 Å². The van der Waals surface area contributed by atoms with Crippen molar-refractivity contribution in [3.63, 3.8) is 0 Å². The summed E-state index contributed by atoms with van der Waals surface area (Å²) in [6, 6.07) is 13.6. The van der Waals surface area contributed by atoms with Crippen LogP contribution < -0.4 is 39.3 Å². The molecule has 0 spiro atoms. The molecule has 3 aromatic carbocycles. The Kier molecular flexibility index (Phi) is 8.48. The standard InChI is InChI=1S/C28H30N4O8/c1-35-20-11-17(12-21(36-2)24(20)39-5)27(33)30-29-26-19-10-8-7-9-16(19)15-32(26)31-28(34)18-13-22(37-3)25(40-6)23(14-18)38-4/h7-14H,15H2,1-6H3,(H,30,33)(H,31,34)/b29-26-. The number of methoxy groups -OCH3 is 6. The first-order valence-electron chi connectivity index (χ1n) is 12.0. The van der Waals surface area contributed by atoms with Crippen LogP contribution in [0.15, 0.2) is 53.6 Å². The number of benzene rings is 3. The van der Waals surface area contributed by atoms with Gasteiger partial charge in [-0.25, -0.2) is 5.43 Å². The maximum atomic E-state index is 13.3. The normalized spacial score (nSPS) is 12.8. The molecule has 1 aliphatic heterocycles. The number of amides is 2. The summed E-state index contributed by atoms with van der Waals surface area (Å²) in [7, 11) is 8.82. The van der Waals surface area contributed by atoms with E-state index in [-0.39, 0.29) is 11.1 Å². The summed E-state index contributed by atoms with van der Waals surface area (Å²) in [6.45, 7) is 0.325.